The molecule has 1 amide bonds. The fourth-order valence-electron chi connectivity index (χ4n) is 5.43. The first-order chi connectivity index (χ1) is 19.1. The van der Waals surface area contributed by atoms with Crippen molar-refractivity contribution in [1.29, 1.82) is 0 Å². The summed E-state index contributed by atoms with van der Waals surface area (Å²) in [7, 11) is -3.61. The van der Waals surface area contributed by atoms with Gasteiger partial charge in [-0.25, -0.2) is 23.0 Å². The molecule has 0 radical (unpaired) electrons. The van der Waals surface area contributed by atoms with Crippen molar-refractivity contribution < 1.29 is 37.4 Å². The average molecular weight is 602 g/mol. The third kappa shape index (κ3) is 4.95. The van der Waals surface area contributed by atoms with Crippen LogP contribution in [0.5, 0.6) is 0 Å². The van der Waals surface area contributed by atoms with Gasteiger partial charge in [0.05, 0.1) is 28.5 Å². The number of β-lactam (4-membered cyclic amide) rings is 1. The zero-order valence-electron chi connectivity index (χ0n) is 23.4. The number of aromatic nitrogens is 2. The highest BCUT2D eigenvalue weighted by molar-refractivity contribution is 7.91. The molecule has 1 N–H and O–H groups in total. The lowest BCUT2D eigenvalue weighted by Gasteiger charge is -2.46. The van der Waals surface area contributed by atoms with E-state index in [2.05, 4.69) is 25.8 Å². The molecule has 4 heterocycles. The minimum absolute atomic E-state index is 0.0200. The summed E-state index contributed by atoms with van der Waals surface area (Å²) in [4.78, 5) is 45.2. The summed E-state index contributed by atoms with van der Waals surface area (Å²) in [6.45, 7) is 8.86. The Morgan fingerprint density at radius 3 is 2.37 bits per heavy atom. The van der Waals surface area contributed by atoms with Crippen molar-refractivity contribution in [2.24, 2.45) is 11.8 Å². The third-order valence-corrected chi connectivity index (χ3v) is 9.80. The van der Waals surface area contributed by atoms with Gasteiger partial charge in [0.25, 0.3) is 0 Å². The number of imidazole rings is 1. The van der Waals surface area contributed by atoms with Gasteiger partial charge in [-0.05, 0) is 30.0 Å². The number of hydrogen-bond donors (Lipinski definition) is 1. The van der Waals surface area contributed by atoms with Crippen molar-refractivity contribution >= 4 is 49.4 Å². The third-order valence-electron chi connectivity index (χ3n) is 7.53. The number of carbonyl (C=O) groups is 3. The number of hydrogen-bond acceptors (Lipinski definition) is 10. The molecule has 0 saturated carbocycles. The number of benzene rings is 1. The first-order valence-corrected chi connectivity index (χ1v) is 15.7. The van der Waals surface area contributed by atoms with Crippen molar-refractivity contribution in [2.75, 3.05) is 13.0 Å². The molecule has 1 fully saturated rings. The minimum Gasteiger partial charge on any atom is -0.424 e. The Morgan fingerprint density at radius 1 is 1.15 bits per heavy atom. The topological polar surface area (TPSA) is 145 Å². The van der Waals surface area contributed by atoms with Crippen molar-refractivity contribution in [3.63, 3.8) is 0 Å². The fraction of sp³-hybridized carbons (Fsp3) is 0.429. The normalized spacial score (nSPS) is 21.6. The molecular formula is C28H31N3O8S2. The molecule has 0 unspecified atom stereocenters. The van der Waals surface area contributed by atoms with Crippen LogP contribution in [-0.2, 0) is 34.3 Å². The Bertz CT molecular complexity index is 1690. The number of sulfone groups is 1. The number of amides is 1. The van der Waals surface area contributed by atoms with E-state index in [4.69, 9.17) is 9.47 Å². The van der Waals surface area contributed by atoms with Crippen LogP contribution in [0.15, 0.2) is 47.5 Å². The minimum atomic E-state index is -3.61. The number of aliphatic hydroxyl groups excluding tert-OH is 1. The highest BCUT2D eigenvalue weighted by Crippen LogP contribution is 2.52. The molecule has 2 aromatic heterocycles. The predicted molar refractivity (Wildman–Crippen MR) is 150 cm³/mol. The van der Waals surface area contributed by atoms with E-state index in [1.54, 1.807) is 22.7 Å². The van der Waals surface area contributed by atoms with Gasteiger partial charge in [0.15, 0.2) is 14.9 Å². The standard InChI is InChI=1S/C28H31N3O8S2/c1-14-19(18-11-30-12-29-23(25(30)40-18)41(6,36)37)22(31-21(14)20(15(2)32)24(31)33)27(35)39-13-38-26(34)16-7-9-17(10-8-16)28(3,4)5/h7-12,14-15,20-21,32H,13H2,1-6H3/t14-,15+,20+,21+/m0/s1. The number of aliphatic hydroxyl groups is 1. The highest BCUT2D eigenvalue weighted by atomic mass is 32.2. The molecule has 13 heteroatoms. The first kappa shape index (κ1) is 29.0. The lowest BCUT2D eigenvalue weighted by Crippen LogP contribution is -2.63. The Hall–Kier alpha value is -3.55. The molecular weight excluding hydrogens is 570 g/mol. The molecule has 2 aliphatic rings. The molecule has 0 bridgehead atoms. The van der Waals surface area contributed by atoms with Crippen LogP contribution in [0.4, 0.5) is 0 Å². The van der Waals surface area contributed by atoms with E-state index in [-0.39, 0.29) is 22.1 Å². The number of nitrogens with zero attached hydrogens (tertiary/aromatic N) is 3. The van der Waals surface area contributed by atoms with E-state index in [9.17, 15) is 27.9 Å². The highest BCUT2D eigenvalue weighted by Gasteiger charge is 2.60. The van der Waals surface area contributed by atoms with Crippen LogP contribution in [0.25, 0.3) is 10.4 Å². The maximum absolute atomic E-state index is 13.4. The second-order valence-corrected chi connectivity index (χ2v) is 14.4. The Balaban J connectivity index is 1.41. The maximum Gasteiger partial charge on any atom is 0.358 e. The number of ether oxygens (including phenoxy) is 2. The van der Waals surface area contributed by atoms with Crippen LogP contribution >= 0.6 is 11.3 Å². The van der Waals surface area contributed by atoms with Crippen molar-refractivity contribution in [3.8, 4) is 0 Å². The zero-order valence-corrected chi connectivity index (χ0v) is 25.1. The van der Waals surface area contributed by atoms with E-state index in [0.717, 1.165) is 23.2 Å². The van der Waals surface area contributed by atoms with Gasteiger partial charge < -0.3 is 19.5 Å². The van der Waals surface area contributed by atoms with Crippen LogP contribution in [0, 0.1) is 11.8 Å². The Morgan fingerprint density at radius 2 is 1.78 bits per heavy atom. The van der Waals surface area contributed by atoms with Gasteiger partial charge in [-0.15, -0.1) is 11.3 Å². The second-order valence-electron chi connectivity index (χ2n) is 11.5. The molecule has 0 aliphatic carbocycles. The monoisotopic (exact) mass is 601 g/mol. The summed E-state index contributed by atoms with van der Waals surface area (Å²) in [6.07, 6.45) is 3.15. The van der Waals surface area contributed by atoms with Gasteiger partial charge in [0.2, 0.25) is 12.7 Å². The van der Waals surface area contributed by atoms with Crippen LogP contribution in [-0.4, -0.2) is 70.8 Å². The Kier molecular flexibility index (Phi) is 7.11. The van der Waals surface area contributed by atoms with E-state index in [1.807, 2.05) is 19.1 Å². The Labute approximate surface area is 241 Å². The number of thiazole rings is 1. The summed E-state index contributed by atoms with van der Waals surface area (Å²) in [6, 6.07) is 6.46. The average Bonchev–Trinajstić information content (AvgIpc) is 3.52. The molecule has 218 valence electrons. The lowest BCUT2D eigenvalue weighted by atomic mass is 9.77. The van der Waals surface area contributed by atoms with Crippen LogP contribution < -0.4 is 0 Å². The van der Waals surface area contributed by atoms with E-state index in [0.29, 0.717) is 20.8 Å². The predicted octanol–water partition coefficient (Wildman–Crippen LogP) is 3.02. The molecule has 0 spiro atoms. The molecule has 2 aliphatic heterocycles. The quantitative estimate of drug-likeness (QED) is 0.245. The summed E-state index contributed by atoms with van der Waals surface area (Å²) in [5.41, 5.74) is 1.72. The van der Waals surface area contributed by atoms with Gasteiger partial charge in [0.1, 0.15) is 16.9 Å². The number of esters is 2. The number of carbonyl (C=O) groups excluding carboxylic acids is 3. The van der Waals surface area contributed by atoms with Gasteiger partial charge in [0, 0.05) is 23.9 Å². The van der Waals surface area contributed by atoms with Crippen LogP contribution in [0.1, 0.15) is 55.4 Å². The SMILES string of the molecule is C[C@@H](O)[C@H]1C(=O)N2C(C(=O)OCOC(=O)c3ccc(C(C)(C)C)cc3)=C(c3cn4cnc(S(C)(=O)=O)c4s3)[C@H](C)[C@H]12. The van der Waals surface area contributed by atoms with Crippen molar-refractivity contribution in [2.45, 2.75) is 57.2 Å². The van der Waals surface area contributed by atoms with Gasteiger partial charge in [-0.3, -0.25) is 9.20 Å². The molecule has 41 heavy (non-hydrogen) atoms. The molecule has 3 aromatic rings. The number of fused-ring (bicyclic) bond motifs is 2. The molecule has 1 aromatic carbocycles. The van der Waals surface area contributed by atoms with Gasteiger partial charge in [-0.1, -0.05) is 39.8 Å². The van der Waals surface area contributed by atoms with Gasteiger partial charge in [-0.2, -0.15) is 0 Å². The first-order valence-electron chi connectivity index (χ1n) is 13.0. The fourth-order valence-corrected chi connectivity index (χ4v) is 7.79. The lowest BCUT2D eigenvalue weighted by molar-refractivity contribution is -0.166. The smallest absolute Gasteiger partial charge is 0.358 e. The van der Waals surface area contributed by atoms with Crippen molar-refractivity contribution in [1.82, 2.24) is 14.3 Å². The van der Waals surface area contributed by atoms with Gasteiger partial charge >= 0.3 is 11.9 Å². The molecule has 4 atom stereocenters. The van der Waals surface area contributed by atoms with E-state index in [1.165, 1.54) is 18.2 Å². The summed E-state index contributed by atoms with van der Waals surface area (Å²) in [5.74, 6) is -3.05. The summed E-state index contributed by atoms with van der Waals surface area (Å²) in [5, 5.41) is 10.2. The molecule has 1 saturated heterocycles. The maximum atomic E-state index is 13.4. The van der Waals surface area contributed by atoms with Crippen LogP contribution in [0.2, 0.25) is 0 Å². The molecule has 11 nitrogen and oxygen atoms in total. The van der Waals surface area contributed by atoms with E-state index >= 15 is 0 Å². The van der Waals surface area contributed by atoms with E-state index < -0.39 is 52.5 Å². The summed E-state index contributed by atoms with van der Waals surface area (Å²) >= 11 is 1.12. The molecule has 5 rings (SSSR count). The zero-order chi connectivity index (χ0) is 30.0. The largest absolute Gasteiger partial charge is 0.424 e. The van der Waals surface area contributed by atoms with Crippen molar-refractivity contribution in [3.05, 3.63) is 58.5 Å². The van der Waals surface area contributed by atoms with Crippen LogP contribution in [0.3, 0.4) is 0 Å². The summed E-state index contributed by atoms with van der Waals surface area (Å²) < 4.78 is 36.5. The second kappa shape index (κ2) is 10.1. The number of rotatable bonds is 7.